The fraction of sp³-hybridized carbons (Fsp3) is 0.923. The van der Waals surface area contributed by atoms with Crippen molar-refractivity contribution in [2.45, 2.75) is 45.3 Å². The summed E-state index contributed by atoms with van der Waals surface area (Å²) in [6.07, 6.45) is 2.83. The minimum absolute atomic E-state index is 0.0867. The zero-order valence-electron chi connectivity index (χ0n) is 10.9. The van der Waals surface area contributed by atoms with E-state index in [4.69, 9.17) is 10.5 Å². The molecule has 0 aromatic rings. The van der Waals surface area contributed by atoms with Crippen LogP contribution < -0.4 is 5.73 Å². The van der Waals surface area contributed by atoms with Gasteiger partial charge in [-0.1, -0.05) is 13.8 Å². The fourth-order valence-corrected chi connectivity index (χ4v) is 3.11. The summed E-state index contributed by atoms with van der Waals surface area (Å²) in [6.45, 7) is 6.73. The lowest BCUT2D eigenvalue weighted by Crippen LogP contribution is -2.47. The molecule has 2 rings (SSSR count). The van der Waals surface area contributed by atoms with Crippen LogP contribution in [-0.2, 0) is 9.53 Å². The van der Waals surface area contributed by atoms with Crippen LogP contribution in [0.25, 0.3) is 0 Å². The number of carbonyl (C=O) groups is 1. The number of likely N-dealkylation sites (tertiary alicyclic amines) is 1. The van der Waals surface area contributed by atoms with E-state index in [2.05, 4.69) is 13.8 Å². The number of ether oxygens (including phenoxy) is 1. The van der Waals surface area contributed by atoms with Gasteiger partial charge in [0.15, 0.2) is 0 Å². The highest BCUT2D eigenvalue weighted by Crippen LogP contribution is 2.25. The summed E-state index contributed by atoms with van der Waals surface area (Å²) in [6, 6.07) is 0. The third-order valence-corrected chi connectivity index (χ3v) is 3.83. The second kappa shape index (κ2) is 5.36. The van der Waals surface area contributed by atoms with Gasteiger partial charge in [0.2, 0.25) is 0 Å². The Labute approximate surface area is 103 Å². The zero-order valence-corrected chi connectivity index (χ0v) is 10.9. The number of hydrogen-bond acceptors (Lipinski definition) is 3. The van der Waals surface area contributed by atoms with Crippen LogP contribution in [0, 0.1) is 11.8 Å². The van der Waals surface area contributed by atoms with Gasteiger partial charge in [0.25, 0.3) is 5.91 Å². The standard InChI is InChI=1S/C13H24N2O2/c1-9-5-10(2)8-15(7-9)13(16)12-4-3-11(6-14)17-12/h9-12H,3-8,14H2,1-2H3/t9?,10?,11-,12+/m1/s1. The maximum Gasteiger partial charge on any atom is 0.251 e. The number of piperidine rings is 1. The molecule has 98 valence electrons. The molecule has 2 fully saturated rings. The Hall–Kier alpha value is -0.610. The predicted molar refractivity (Wildman–Crippen MR) is 66.5 cm³/mol. The Morgan fingerprint density at radius 2 is 1.94 bits per heavy atom. The van der Waals surface area contributed by atoms with Gasteiger partial charge in [0.05, 0.1) is 6.10 Å². The SMILES string of the molecule is CC1CC(C)CN(C(=O)[C@@H]2CC[C@H](CN)O2)C1. The minimum Gasteiger partial charge on any atom is -0.364 e. The van der Waals surface area contributed by atoms with Crippen molar-refractivity contribution in [2.75, 3.05) is 19.6 Å². The number of nitrogens with two attached hydrogens (primary N) is 1. The smallest absolute Gasteiger partial charge is 0.251 e. The van der Waals surface area contributed by atoms with Gasteiger partial charge in [-0.3, -0.25) is 4.79 Å². The molecule has 2 aliphatic rings. The Morgan fingerprint density at radius 1 is 1.29 bits per heavy atom. The topological polar surface area (TPSA) is 55.6 Å². The second-order valence-corrected chi connectivity index (χ2v) is 5.75. The van der Waals surface area contributed by atoms with Gasteiger partial charge in [0, 0.05) is 19.6 Å². The lowest BCUT2D eigenvalue weighted by atomic mass is 9.91. The van der Waals surface area contributed by atoms with Gasteiger partial charge in [-0.15, -0.1) is 0 Å². The van der Waals surface area contributed by atoms with Crippen LogP contribution in [-0.4, -0.2) is 42.6 Å². The molecule has 4 heteroatoms. The molecular weight excluding hydrogens is 216 g/mol. The van der Waals surface area contributed by atoms with Crippen LogP contribution in [0.3, 0.4) is 0 Å². The van der Waals surface area contributed by atoms with Gasteiger partial charge in [-0.05, 0) is 31.1 Å². The van der Waals surface area contributed by atoms with Crippen LogP contribution in [0.1, 0.15) is 33.1 Å². The first-order valence-corrected chi connectivity index (χ1v) is 6.74. The predicted octanol–water partition coefficient (Wildman–Crippen LogP) is 0.997. The molecule has 0 aliphatic carbocycles. The van der Waals surface area contributed by atoms with E-state index in [0.29, 0.717) is 18.4 Å². The van der Waals surface area contributed by atoms with Gasteiger partial charge < -0.3 is 15.4 Å². The normalized spacial score (nSPS) is 38.4. The van der Waals surface area contributed by atoms with Crippen LogP contribution >= 0.6 is 0 Å². The molecule has 4 nitrogen and oxygen atoms in total. The highest BCUT2D eigenvalue weighted by Gasteiger charge is 2.35. The molecular formula is C13H24N2O2. The maximum atomic E-state index is 12.3. The molecule has 2 aliphatic heterocycles. The van der Waals surface area contributed by atoms with Crippen molar-refractivity contribution >= 4 is 5.91 Å². The molecule has 0 radical (unpaired) electrons. The van der Waals surface area contributed by atoms with Gasteiger partial charge in [-0.25, -0.2) is 0 Å². The molecule has 0 saturated carbocycles. The lowest BCUT2D eigenvalue weighted by molar-refractivity contribution is -0.145. The van der Waals surface area contributed by atoms with E-state index >= 15 is 0 Å². The Bertz CT molecular complexity index is 273. The highest BCUT2D eigenvalue weighted by atomic mass is 16.5. The number of rotatable bonds is 2. The molecule has 4 atom stereocenters. The lowest BCUT2D eigenvalue weighted by Gasteiger charge is -2.36. The Balaban J connectivity index is 1.91. The van der Waals surface area contributed by atoms with E-state index < -0.39 is 0 Å². The zero-order chi connectivity index (χ0) is 12.4. The van der Waals surface area contributed by atoms with Crippen LogP contribution in [0.2, 0.25) is 0 Å². The van der Waals surface area contributed by atoms with E-state index in [9.17, 15) is 4.79 Å². The largest absolute Gasteiger partial charge is 0.364 e. The summed E-state index contributed by atoms with van der Waals surface area (Å²) >= 11 is 0. The summed E-state index contributed by atoms with van der Waals surface area (Å²) in [4.78, 5) is 14.3. The van der Waals surface area contributed by atoms with E-state index in [-0.39, 0.29) is 18.1 Å². The molecule has 0 aromatic carbocycles. The van der Waals surface area contributed by atoms with Crippen LogP contribution in [0.5, 0.6) is 0 Å². The number of nitrogens with zero attached hydrogens (tertiary/aromatic N) is 1. The van der Waals surface area contributed by atoms with Crippen molar-refractivity contribution in [3.63, 3.8) is 0 Å². The Morgan fingerprint density at radius 3 is 2.47 bits per heavy atom. The average molecular weight is 240 g/mol. The molecule has 2 N–H and O–H groups in total. The van der Waals surface area contributed by atoms with Gasteiger partial charge in [0.1, 0.15) is 6.10 Å². The maximum absolute atomic E-state index is 12.3. The van der Waals surface area contributed by atoms with Crippen LogP contribution in [0.4, 0.5) is 0 Å². The summed E-state index contributed by atoms with van der Waals surface area (Å²) in [7, 11) is 0. The van der Waals surface area contributed by atoms with Gasteiger partial charge >= 0.3 is 0 Å². The highest BCUT2D eigenvalue weighted by molar-refractivity contribution is 5.81. The van der Waals surface area contributed by atoms with Crippen LogP contribution in [0.15, 0.2) is 0 Å². The molecule has 17 heavy (non-hydrogen) atoms. The number of amides is 1. The first-order valence-electron chi connectivity index (χ1n) is 6.74. The molecule has 0 bridgehead atoms. The summed E-state index contributed by atoms with van der Waals surface area (Å²) < 4.78 is 5.68. The van der Waals surface area contributed by atoms with E-state index in [0.717, 1.165) is 25.9 Å². The van der Waals surface area contributed by atoms with Gasteiger partial charge in [-0.2, -0.15) is 0 Å². The van der Waals surface area contributed by atoms with Crippen molar-refractivity contribution in [1.82, 2.24) is 4.90 Å². The quantitative estimate of drug-likeness (QED) is 0.783. The summed E-state index contributed by atoms with van der Waals surface area (Å²) in [5.74, 6) is 1.39. The first kappa shape index (κ1) is 12.8. The summed E-state index contributed by atoms with van der Waals surface area (Å²) in [5, 5.41) is 0. The van der Waals surface area contributed by atoms with Crippen molar-refractivity contribution in [3.05, 3.63) is 0 Å². The number of carbonyl (C=O) groups excluding carboxylic acids is 1. The molecule has 0 spiro atoms. The fourth-order valence-electron chi connectivity index (χ4n) is 3.11. The third kappa shape index (κ3) is 2.99. The molecule has 1 amide bonds. The number of hydrogen-bond donors (Lipinski definition) is 1. The first-order chi connectivity index (χ1) is 8.10. The summed E-state index contributed by atoms with van der Waals surface area (Å²) in [5.41, 5.74) is 5.57. The van der Waals surface area contributed by atoms with E-state index in [1.807, 2.05) is 4.90 Å². The van der Waals surface area contributed by atoms with E-state index in [1.54, 1.807) is 0 Å². The second-order valence-electron chi connectivity index (χ2n) is 5.75. The average Bonchev–Trinajstić information content (AvgIpc) is 2.75. The third-order valence-electron chi connectivity index (χ3n) is 3.83. The van der Waals surface area contributed by atoms with Crippen molar-refractivity contribution in [3.8, 4) is 0 Å². The van der Waals surface area contributed by atoms with Crippen molar-refractivity contribution < 1.29 is 9.53 Å². The Kier molecular flexibility index (Phi) is 4.05. The van der Waals surface area contributed by atoms with E-state index in [1.165, 1.54) is 6.42 Å². The monoisotopic (exact) mass is 240 g/mol. The molecule has 2 saturated heterocycles. The van der Waals surface area contributed by atoms with Crippen molar-refractivity contribution in [1.29, 1.82) is 0 Å². The molecule has 2 unspecified atom stereocenters. The molecule has 0 aromatic heterocycles. The molecule has 2 heterocycles. The minimum atomic E-state index is -0.235. The van der Waals surface area contributed by atoms with Crippen molar-refractivity contribution in [2.24, 2.45) is 17.6 Å².